The van der Waals surface area contributed by atoms with Gasteiger partial charge in [-0.15, -0.1) is 0 Å². The number of aryl methyl sites for hydroxylation is 1. The summed E-state index contributed by atoms with van der Waals surface area (Å²) in [6.07, 6.45) is 11.1. The van der Waals surface area contributed by atoms with Crippen LogP contribution in [0.3, 0.4) is 0 Å². The Bertz CT molecular complexity index is 467. The molecule has 0 unspecified atom stereocenters. The van der Waals surface area contributed by atoms with Crippen LogP contribution < -0.4 is 10.6 Å². The van der Waals surface area contributed by atoms with E-state index in [9.17, 15) is 0 Å². The Morgan fingerprint density at radius 2 is 2.11 bits per heavy atom. The summed E-state index contributed by atoms with van der Waals surface area (Å²) in [6.45, 7) is 3.13. The third-order valence-corrected chi connectivity index (χ3v) is 4.02. The maximum absolute atomic E-state index is 4.42. The summed E-state index contributed by atoms with van der Waals surface area (Å²) in [5.41, 5.74) is 4.17. The molecule has 4 heteroatoms. The van der Waals surface area contributed by atoms with Gasteiger partial charge in [0.25, 0.3) is 0 Å². The zero-order valence-corrected chi connectivity index (χ0v) is 11.4. The zero-order valence-electron chi connectivity index (χ0n) is 11.4. The van der Waals surface area contributed by atoms with Crippen molar-refractivity contribution in [3.63, 3.8) is 0 Å². The Kier molecular flexibility index (Phi) is 4.08. The first kappa shape index (κ1) is 12.6. The first-order chi connectivity index (χ1) is 9.43. The predicted octanol–water partition coefficient (Wildman–Crippen LogP) is 2.08. The molecule has 2 aliphatic rings. The van der Waals surface area contributed by atoms with Gasteiger partial charge in [-0.2, -0.15) is 0 Å². The van der Waals surface area contributed by atoms with Crippen molar-refractivity contribution in [2.75, 3.05) is 25.0 Å². The van der Waals surface area contributed by atoms with Crippen molar-refractivity contribution >= 4 is 5.82 Å². The maximum Gasteiger partial charge on any atom is 0.132 e. The van der Waals surface area contributed by atoms with Gasteiger partial charge in [-0.3, -0.25) is 0 Å². The minimum atomic E-state index is 0.981. The molecule has 2 N–H and O–H groups in total. The van der Waals surface area contributed by atoms with E-state index < -0.39 is 0 Å². The highest BCUT2D eigenvalue weighted by Gasteiger charge is 2.15. The van der Waals surface area contributed by atoms with Crippen LogP contribution in [0.15, 0.2) is 18.0 Å². The lowest BCUT2D eigenvalue weighted by atomic mass is 9.96. The zero-order chi connectivity index (χ0) is 12.9. The number of hydrogen-bond acceptors (Lipinski definition) is 4. The van der Waals surface area contributed by atoms with Crippen LogP contribution in [0.1, 0.15) is 36.9 Å². The topological polar surface area (TPSA) is 49.8 Å². The summed E-state index contributed by atoms with van der Waals surface area (Å²) in [5.74, 6) is 1.07. The van der Waals surface area contributed by atoms with Gasteiger partial charge in [0.2, 0.25) is 0 Å². The average molecular weight is 258 g/mol. The van der Waals surface area contributed by atoms with Gasteiger partial charge in [0.15, 0.2) is 0 Å². The van der Waals surface area contributed by atoms with Crippen LogP contribution in [0.5, 0.6) is 0 Å². The molecule has 0 aromatic carbocycles. The van der Waals surface area contributed by atoms with Crippen molar-refractivity contribution in [2.45, 2.75) is 38.5 Å². The number of anilines is 1. The summed E-state index contributed by atoms with van der Waals surface area (Å²) in [4.78, 5) is 8.83. The van der Waals surface area contributed by atoms with E-state index in [1.165, 1.54) is 30.5 Å². The Hall–Kier alpha value is -1.42. The van der Waals surface area contributed by atoms with Gasteiger partial charge in [-0.1, -0.05) is 11.6 Å². The first-order valence-electron chi connectivity index (χ1n) is 7.39. The Morgan fingerprint density at radius 3 is 3.00 bits per heavy atom. The summed E-state index contributed by atoms with van der Waals surface area (Å²) < 4.78 is 0. The van der Waals surface area contributed by atoms with Gasteiger partial charge >= 0.3 is 0 Å². The van der Waals surface area contributed by atoms with E-state index in [4.69, 9.17) is 0 Å². The van der Waals surface area contributed by atoms with Crippen molar-refractivity contribution in [3.05, 3.63) is 29.2 Å². The molecule has 0 spiro atoms. The third-order valence-electron chi connectivity index (χ3n) is 4.02. The standard InChI is InChI=1S/C15H22N4/c1-2-4-14-13(3-1)15(19-11-18-14)17-10-7-12-5-8-16-9-6-12/h5,11,16H,1-4,6-10H2,(H,17,18,19). The van der Waals surface area contributed by atoms with Gasteiger partial charge < -0.3 is 10.6 Å². The van der Waals surface area contributed by atoms with Gasteiger partial charge in [0.1, 0.15) is 12.1 Å². The van der Waals surface area contributed by atoms with Crippen LogP contribution in [0.4, 0.5) is 5.82 Å². The summed E-state index contributed by atoms with van der Waals surface area (Å²) in [6, 6.07) is 0. The smallest absolute Gasteiger partial charge is 0.132 e. The molecule has 4 nitrogen and oxygen atoms in total. The molecule has 1 aliphatic carbocycles. The summed E-state index contributed by atoms with van der Waals surface area (Å²) in [7, 11) is 0. The normalized spacial score (nSPS) is 18.6. The summed E-state index contributed by atoms with van der Waals surface area (Å²) >= 11 is 0. The fourth-order valence-electron chi connectivity index (χ4n) is 2.91. The molecule has 1 aromatic heterocycles. The molecule has 0 atom stereocenters. The number of nitrogens with one attached hydrogen (secondary N) is 2. The lowest BCUT2D eigenvalue weighted by Gasteiger charge is -2.19. The van der Waals surface area contributed by atoms with Gasteiger partial charge in [-0.25, -0.2) is 9.97 Å². The molecule has 0 amide bonds. The second-order valence-corrected chi connectivity index (χ2v) is 5.35. The number of rotatable bonds is 4. The van der Waals surface area contributed by atoms with Crippen LogP contribution in [0.25, 0.3) is 0 Å². The molecule has 0 saturated heterocycles. The Balaban J connectivity index is 1.59. The molecule has 2 heterocycles. The van der Waals surface area contributed by atoms with Crippen LogP contribution >= 0.6 is 0 Å². The Morgan fingerprint density at radius 1 is 1.16 bits per heavy atom. The molecule has 0 saturated carbocycles. The minimum Gasteiger partial charge on any atom is -0.369 e. The molecule has 19 heavy (non-hydrogen) atoms. The SMILES string of the molecule is C1=C(CCNc2ncnc3c2CCCC3)CCNC1. The molecule has 1 aromatic rings. The quantitative estimate of drug-likeness (QED) is 0.812. The molecule has 0 radical (unpaired) electrons. The predicted molar refractivity (Wildman–Crippen MR) is 77.4 cm³/mol. The van der Waals surface area contributed by atoms with E-state index in [1.54, 1.807) is 11.9 Å². The van der Waals surface area contributed by atoms with E-state index in [1.807, 2.05) is 0 Å². The van der Waals surface area contributed by atoms with Crippen molar-refractivity contribution < 1.29 is 0 Å². The lowest BCUT2D eigenvalue weighted by Crippen LogP contribution is -2.21. The van der Waals surface area contributed by atoms with Crippen LogP contribution in [0.2, 0.25) is 0 Å². The highest BCUT2D eigenvalue weighted by Crippen LogP contribution is 2.24. The minimum absolute atomic E-state index is 0.981. The van der Waals surface area contributed by atoms with Crippen LogP contribution in [-0.4, -0.2) is 29.6 Å². The molecule has 102 valence electrons. The maximum atomic E-state index is 4.42. The monoisotopic (exact) mass is 258 g/mol. The van der Waals surface area contributed by atoms with Gasteiger partial charge in [0, 0.05) is 24.3 Å². The van der Waals surface area contributed by atoms with Crippen molar-refractivity contribution in [1.29, 1.82) is 0 Å². The van der Waals surface area contributed by atoms with Crippen LogP contribution in [-0.2, 0) is 12.8 Å². The number of hydrogen-bond donors (Lipinski definition) is 2. The number of aromatic nitrogens is 2. The Labute approximate surface area is 114 Å². The highest BCUT2D eigenvalue weighted by molar-refractivity contribution is 5.47. The molecule has 0 fully saturated rings. The summed E-state index contributed by atoms with van der Waals surface area (Å²) in [5, 5.41) is 6.85. The van der Waals surface area contributed by atoms with E-state index in [0.29, 0.717) is 0 Å². The molecular weight excluding hydrogens is 236 g/mol. The van der Waals surface area contributed by atoms with Gasteiger partial charge in [-0.05, 0) is 45.1 Å². The van der Waals surface area contributed by atoms with E-state index >= 15 is 0 Å². The fourth-order valence-corrected chi connectivity index (χ4v) is 2.91. The lowest BCUT2D eigenvalue weighted by molar-refractivity contribution is 0.662. The molecule has 1 aliphatic heterocycles. The van der Waals surface area contributed by atoms with E-state index in [2.05, 4.69) is 26.7 Å². The molecular formula is C15H22N4. The number of fused-ring (bicyclic) bond motifs is 1. The second-order valence-electron chi connectivity index (χ2n) is 5.35. The van der Waals surface area contributed by atoms with E-state index in [-0.39, 0.29) is 0 Å². The van der Waals surface area contributed by atoms with Gasteiger partial charge in [0.05, 0.1) is 0 Å². The van der Waals surface area contributed by atoms with E-state index in [0.717, 1.165) is 44.7 Å². The van der Waals surface area contributed by atoms with Crippen LogP contribution in [0, 0.1) is 0 Å². The third kappa shape index (κ3) is 3.13. The molecule has 3 rings (SSSR count). The second kappa shape index (κ2) is 6.15. The highest BCUT2D eigenvalue weighted by atomic mass is 15.0. The average Bonchev–Trinajstić information content (AvgIpc) is 2.49. The van der Waals surface area contributed by atoms with Crippen molar-refractivity contribution in [3.8, 4) is 0 Å². The number of nitrogens with zero attached hydrogens (tertiary/aromatic N) is 2. The first-order valence-corrected chi connectivity index (χ1v) is 7.39. The molecule has 0 bridgehead atoms. The largest absolute Gasteiger partial charge is 0.369 e. The fraction of sp³-hybridized carbons (Fsp3) is 0.600. The van der Waals surface area contributed by atoms with Crippen molar-refractivity contribution in [2.24, 2.45) is 0 Å². The van der Waals surface area contributed by atoms with Crippen molar-refractivity contribution in [1.82, 2.24) is 15.3 Å².